The number of benzene rings is 2. The molecule has 0 atom stereocenters. The van der Waals surface area contributed by atoms with E-state index in [1.54, 1.807) is 23.6 Å². The fourth-order valence-electron chi connectivity index (χ4n) is 3.98. The largest absolute Gasteiger partial charge is 0.497 e. The molecule has 3 aromatic rings. The number of hydrogen-bond acceptors (Lipinski definition) is 6. The van der Waals surface area contributed by atoms with Gasteiger partial charge in [0.15, 0.2) is 0 Å². The van der Waals surface area contributed by atoms with Crippen molar-refractivity contribution in [3.8, 4) is 5.75 Å². The van der Waals surface area contributed by atoms with Crippen LogP contribution in [-0.2, 0) is 7.05 Å². The number of pyridine rings is 1. The number of rotatable bonds is 4. The highest BCUT2D eigenvalue weighted by Crippen LogP contribution is 2.42. The summed E-state index contributed by atoms with van der Waals surface area (Å²) in [6.07, 6.45) is 0. The first-order valence-corrected chi connectivity index (χ1v) is 10.4. The third-order valence-electron chi connectivity index (χ3n) is 5.53. The van der Waals surface area contributed by atoms with E-state index in [1.807, 2.05) is 33.2 Å². The molecule has 6 nitrogen and oxygen atoms in total. The molecular weight excluding hydrogens is 384 g/mol. The smallest absolute Gasteiger partial charge is 0.253 e. The molecule has 0 unspecified atom stereocenters. The predicted molar refractivity (Wildman–Crippen MR) is 122 cm³/mol. The average molecular weight is 411 g/mol. The van der Waals surface area contributed by atoms with Gasteiger partial charge in [0.25, 0.3) is 5.56 Å². The first-order valence-electron chi connectivity index (χ1n) is 9.59. The number of aryl methyl sites for hydroxylation is 2. The number of nitrogens with one attached hydrogen (secondary N) is 1. The standard InChI is InChI=1S/C22H26N4O2S/c1-14-10-17-19(25(4)22(14)27)11-15(28-5)12-20(17)26-9-8-24(3)18-7-6-16(29-23-2)13-21(18)26/h6-7,10-13,23H,8-9H2,1-5H3. The Morgan fingerprint density at radius 3 is 2.55 bits per heavy atom. The van der Waals surface area contributed by atoms with Gasteiger partial charge in [-0.05, 0) is 50.2 Å². The summed E-state index contributed by atoms with van der Waals surface area (Å²) in [7, 11) is 7.53. The Bertz CT molecular complexity index is 1140. The van der Waals surface area contributed by atoms with E-state index in [9.17, 15) is 4.79 Å². The van der Waals surface area contributed by atoms with Gasteiger partial charge in [-0.3, -0.25) is 9.52 Å². The molecule has 0 saturated heterocycles. The molecule has 29 heavy (non-hydrogen) atoms. The third kappa shape index (κ3) is 3.34. The van der Waals surface area contributed by atoms with Crippen LogP contribution in [-0.4, -0.2) is 38.9 Å². The van der Waals surface area contributed by atoms with Crippen LogP contribution < -0.4 is 24.8 Å². The molecule has 1 aliphatic rings. The summed E-state index contributed by atoms with van der Waals surface area (Å²) in [6, 6.07) is 12.5. The summed E-state index contributed by atoms with van der Waals surface area (Å²) in [5.74, 6) is 0.743. The Labute approximate surface area is 175 Å². The highest BCUT2D eigenvalue weighted by Gasteiger charge is 2.24. The highest BCUT2D eigenvalue weighted by molar-refractivity contribution is 7.97. The number of methoxy groups -OCH3 is 1. The fraction of sp³-hybridized carbons (Fsp3) is 0.318. The second kappa shape index (κ2) is 7.65. The molecule has 7 heteroatoms. The molecule has 0 fully saturated rings. The van der Waals surface area contributed by atoms with Crippen LogP contribution >= 0.6 is 11.9 Å². The molecule has 0 spiro atoms. The minimum absolute atomic E-state index is 0.0168. The minimum Gasteiger partial charge on any atom is -0.497 e. The Hall–Kier alpha value is -2.64. The zero-order chi connectivity index (χ0) is 20.7. The maximum absolute atomic E-state index is 12.5. The molecule has 1 aliphatic heterocycles. The van der Waals surface area contributed by atoms with Gasteiger partial charge in [0.2, 0.25) is 0 Å². The fourth-order valence-corrected chi connectivity index (χ4v) is 4.52. The van der Waals surface area contributed by atoms with Gasteiger partial charge in [0, 0.05) is 55.2 Å². The average Bonchev–Trinajstić information content (AvgIpc) is 2.72. The highest BCUT2D eigenvalue weighted by atomic mass is 32.2. The van der Waals surface area contributed by atoms with Crippen molar-refractivity contribution >= 4 is 39.9 Å². The van der Waals surface area contributed by atoms with Crippen molar-refractivity contribution in [1.82, 2.24) is 9.29 Å². The second-order valence-corrected chi connectivity index (χ2v) is 8.38. The number of nitrogens with zero attached hydrogens (tertiary/aromatic N) is 3. The van der Waals surface area contributed by atoms with Gasteiger partial charge in [-0.15, -0.1) is 0 Å². The van der Waals surface area contributed by atoms with Gasteiger partial charge in [0.05, 0.1) is 29.7 Å². The zero-order valence-electron chi connectivity index (χ0n) is 17.4. The molecule has 0 bridgehead atoms. The summed E-state index contributed by atoms with van der Waals surface area (Å²) >= 11 is 1.60. The molecule has 0 radical (unpaired) electrons. The van der Waals surface area contributed by atoms with E-state index in [4.69, 9.17) is 4.74 Å². The van der Waals surface area contributed by atoms with Crippen LogP contribution in [0.4, 0.5) is 17.1 Å². The van der Waals surface area contributed by atoms with E-state index in [2.05, 4.69) is 45.8 Å². The number of hydrogen-bond donors (Lipinski definition) is 1. The number of aromatic nitrogens is 1. The molecule has 0 aliphatic carbocycles. The number of anilines is 3. The van der Waals surface area contributed by atoms with Crippen LogP contribution in [0.5, 0.6) is 5.75 Å². The van der Waals surface area contributed by atoms with Crippen molar-refractivity contribution in [2.75, 3.05) is 44.1 Å². The maximum atomic E-state index is 12.5. The van der Waals surface area contributed by atoms with E-state index in [0.29, 0.717) is 0 Å². The van der Waals surface area contributed by atoms with Crippen LogP contribution in [0.3, 0.4) is 0 Å². The Morgan fingerprint density at radius 1 is 1.03 bits per heavy atom. The quantitative estimate of drug-likeness (QED) is 0.663. The second-order valence-electron chi connectivity index (χ2n) is 7.30. The van der Waals surface area contributed by atoms with Crippen LogP contribution in [0.15, 0.2) is 46.1 Å². The van der Waals surface area contributed by atoms with Gasteiger partial charge >= 0.3 is 0 Å². The van der Waals surface area contributed by atoms with Gasteiger partial charge in [-0.25, -0.2) is 0 Å². The van der Waals surface area contributed by atoms with Crippen molar-refractivity contribution in [2.24, 2.45) is 7.05 Å². The summed E-state index contributed by atoms with van der Waals surface area (Å²) < 4.78 is 10.4. The first-order chi connectivity index (χ1) is 13.9. The summed E-state index contributed by atoms with van der Waals surface area (Å²) in [4.78, 5) is 18.3. The van der Waals surface area contributed by atoms with Gasteiger partial charge < -0.3 is 19.1 Å². The van der Waals surface area contributed by atoms with Crippen LogP contribution in [0.25, 0.3) is 10.9 Å². The van der Waals surface area contributed by atoms with E-state index in [-0.39, 0.29) is 5.56 Å². The van der Waals surface area contributed by atoms with Gasteiger partial charge in [-0.2, -0.15) is 0 Å². The van der Waals surface area contributed by atoms with Crippen molar-refractivity contribution in [2.45, 2.75) is 11.8 Å². The number of fused-ring (bicyclic) bond motifs is 2. The molecule has 0 amide bonds. The molecular formula is C22H26N4O2S. The number of likely N-dealkylation sites (N-methyl/N-ethyl adjacent to an activating group) is 1. The van der Waals surface area contributed by atoms with Gasteiger partial charge in [0.1, 0.15) is 5.75 Å². The molecule has 0 saturated carbocycles. The monoisotopic (exact) mass is 410 g/mol. The van der Waals surface area contributed by atoms with E-state index < -0.39 is 0 Å². The summed E-state index contributed by atoms with van der Waals surface area (Å²) in [6.45, 7) is 3.63. The van der Waals surface area contributed by atoms with E-state index in [1.165, 1.54) is 5.69 Å². The zero-order valence-corrected chi connectivity index (χ0v) is 18.3. The van der Waals surface area contributed by atoms with E-state index in [0.717, 1.165) is 51.6 Å². The number of ether oxygens (including phenoxy) is 1. The molecule has 2 aromatic carbocycles. The van der Waals surface area contributed by atoms with Crippen LogP contribution in [0.1, 0.15) is 5.56 Å². The lowest BCUT2D eigenvalue weighted by Crippen LogP contribution is -2.36. The predicted octanol–water partition coefficient (Wildman–Crippen LogP) is 3.67. The van der Waals surface area contributed by atoms with Crippen LogP contribution in [0, 0.1) is 6.92 Å². The first kappa shape index (κ1) is 19.7. The molecule has 1 N–H and O–H groups in total. The van der Waals surface area contributed by atoms with Crippen LogP contribution in [0.2, 0.25) is 0 Å². The SMILES string of the molecule is CNSc1ccc2c(c1)N(c1cc(OC)cc3c1cc(C)c(=O)n3C)CCN2C. The normalized spacial score (nSPS) is 13.7. The van der Waals surface area contributed by atoms with Crippen molar-refractivity contribution in [1.29, 1.82) is 0 Å². The lowest BCUT2D eigenvalue weighted by Gasteiger charge is -2.38. The summed E-state index contributed by atoms with van der Waals surface area (Å²) in [5.41, 5.74) is 5.02. The third-order valence-corrected chi connectivity index (χ3v) is 6.22. The van der Waals surface area contributed by atoms with Crippen molar-refractivity contribution in [3.63, 3.8) is 0 Å². The van der Waals surface area contributed by atoms with Crippen molar-refractivity contribution in [3.05, 3.63) is 52.3 Å². The molecule has 2 heterocycles. The molecule has 1 aromatic heterocycles. The molecule has 4 rings (SSSR count). The van der Waals surface area contributed by atoms with Gasteiger partial charge in [-0.1, -0.05) is 0 Å². The Morgan fingerprint density at radius 2 is 1.83 bits per heavy atom. The Kier molecular flexibility index (Phi) is 5.19. The maximum Gasteiger partial charge on any atom is 0.253 e. The summed E-state index contributed by atoms with van der Waals surface area (Å²) in [5, 5.41) is 1.05. The lowest BCUT2D eigenvalue weighted by molar-refractivity contribution is 0.415. The minimum atomic E-state index is 0.0168. The van der Waals surface area contributed by atoms with Crippen molar-refractivity contribution < 1.29 is 4.74 Å². The molecule has 152 valence electrons. The lowest BCUT2D eigenvalue weighted by atomic mass is 10.1. The van der Waals surface area contributed by atoms with E-state index >= 15 is 0 Å². The topological polar surface area (TPSA) is 49.7 Å². The Balaban J connectivity index is 1.99.